The monoisotopic (exact) mass is 182 g/mol. The summed E-state index contributed by atoms with van der Waals surface area (Å²) in [7, 11) is 0. The largest absolute Gasteiger partial charge is 0.264 e. The quantitative estimate of drug-likeness (QED) is 0.529. The van der Waals surface area contributed by atoms with Gasteiger partial charge in [0.1, 0.15) is 5.69 Å². The van der Waals surface area contributed by atoms with E-state index >= 15 is 0 Å². The second kappa shape index (κ2) is 2.70. The topological polar surface area (TPSA) is 51.6 Å². The fraction of sp³-hybridized carbons (Fsp3) is 0. The molecular weight excluding hydrogens is 176 g/mol. The molecule has 0 atom stereocenters. The maximum Gasteiger partial charge on any atom is 0.113 e. The molecule has 0 radical (unpaired) electrons. The molecule has 2 aliphatic rings. The molecule has 0 N–H and O–H groups in total. The standard InChI is InChI=1S/C10H6N4/c1-2-11-3-7-4-12-6-10-9(8(1)7)5-13-14-10/h1-6H. The lowest BCUT2D eigenvalue weighted by Gasteiger charge is -1.92. The van der Waals surface area contributed by atoms with Crippen LogP contribution < -0.4 is 0 Å². The number of aromatic nitrogens is 4. The molecular formula is C10H6N4. The van der Waals surface area contributed by atoms with Crippen LogP contribution in [0.15, 0.2) is 37.1 Å². The van der Waals surface area contributed by atoms with E-state index in [9.17, 15) is 0 Å². The number of pyridine rings is 1. The van der Waals surface area contributed by atoms with Crippen LogP contribution in [0.3, 0.4) is 0 Å². The zero-order valence-corrected chi connectivity index (χ0v) is 7.25. The average molecular weight is 182 g/mol. The molecule has 4 nitrogen and oxygen atoms in total. The lowest BCUT2D eigenvalue weighted by Crippen LogP contribution is -1.74. The van der Waals surface area contributed by atoms with E-state index in [0.717, 1.165) is 22.0 Å². The van der Waals surface area contributed by atoms with Crippen molar-refractivity contribution in [1.29, 1.82) is 0 Å². The van der Waals surface area contributed by atoms with Gasteiger partial charge in [0, 0.05) is 29.5 Å². The Balaban J connectivity index is 2.56. The first kappa shape index (κ1) is 7.32. The van der Waals surface area contributed by atoms with E-state index in [1.807, 2.05) is 6.07 Å². The van der Waals surface area contributed by atoms with Crippen LogP contribution in [-0.2, 0) is 0 Å². The van der Waals surface area contributed by atoms with Gasteiger partial charge in [-0.25, -0.2) is 0 Å². The van der Waals surface area contributed by atoms with Gasteiger partial charge in [0.05, 0.1) is 12.4 Å². The van der Waals surface area contributed by atoms with Crippen molar-refractivity contribution in [3.63, 3.8) is 0 Å². The van der Waals surface area contributed by atoms with Gasteiger partial charge in [-0.05, 0) is 11.5 Å². The van der Waals surface area contributed by atoms with Crippen LogP contribution in [0.5, 0.6) is 0 Å². The summed E-state index contributed by atoms with van der Waals surface area (Å²) >= 11 is 0. The zero-order valence-electron chi connectivity index (χ0n) is 7.25. The predicted octanol–water partition coefficient (Wildman–Crippen LogP) is 1.52. The zero-order chi connectivity index (χ0) is 9.38. The third kappa shape index (κ3) is 0.939. The molecule has 0 saturated heterocycles. The molecule has 1 aromatic heterocycles. The van der Waals surface area contributed by atoms with Gasteiger partial charge < -0.3 is 0 Å². The summed E-state index contributed by atoms with van der Waals surface area (Å²) in [5.74, 6) is 0. The smallest absolute Gasteiger partial charge is 0.113 e. The van der Waals surface area contributed by atoms with Gasteiger partial charge in [-0.1, -0.05) is 0 Å². The number of hydrogen-bond donors (Lipinski definition) is 0. The van der Waals surface area contributed by atoms with Crippen molar-refractivity contribution >= 4 is 10.8 Å². The van der Waals surface area contributed by atoms with Crippen molar-refractivity contribution in [2.75, 3.05) is 0 Å². The number of rotatable bonds is 0. The van der Waals surface area contributed by atoms with E-state index in [0.29, 0.717) is 0 Å². The first-order chi connectivity index (χ1) is 6.95. The van der Waals surface area contributed by atoms with Crippen LogP contribution in [0.4, 0.5) is 0 Å². The lowest BCUT2D eigenvalue weighted by atomic mass is 10.1. The lowest BCUT2D eigenvalue weighted by molar-refractivity contribution is 1.09. The molecule has 4 heteroatoms. The summed E-state index contributed by atoms with van der Waals surface area (Å²) in [6.45, 7) is 0. The summed E-state index contributed by atoms with van der Waals surface area (Å²) in [5.41, 5.74) is 1.83. The Morgan fingerprint density at radius 3 is 2.86 bits per heavy atom. The van der Waals surface area contributed by atoms with Gasteiger partial charge in [0.2, 0.25) is 0 Å². The molecule has 66 valence electrons. The van der Waals surface area contributed by atoms with Gasteiger partial charge in [0.25, 0.3) is 0 Å². The maximum absolute atomic E-state index is 4.13. The Morgan fingerprint density at radius 2 is 1.86 bits per heavy atom. The highest BCUT2D eigenvalue weighted by molar-refractivity contribution is 5.93. The molecule has 0 unspecified atom stereocenters. The Bertz CT molecular complexity index is 564. The third-order valence-corrected chi connectivity index (χ3v) is 2.18. The minimum absolute atomic E-state index is 0.811. The summed E-state index contributed by atoms with van der Waals surface area (Å²) in [5, 5.41) is 9.92. The fourth-order valence-electron chi connectivity index (χ4n) is 1.51. The van der Waals surface area contributed by atoms with E-state index in [4.69, 9.17) is 0 Å². The third-order valence-electron chi connectivity index (χ3n) is 2.18. The van der Waals surface area contributed by atoms with Crippen LogP contribution in [-0.4, -0.2) is 20.2 Å². The number of nitrogens with zero attached hydrogens (tertiary/aromatic N) is 4. The normalized spacial score (nSPS) is 10.9. The van der Waals surface area contributed by atoms with Crippen LogP contribution >= 0.6 is 0 Å². The van der Waals surface area contributed by atoms with Crippen molar-refractivity contribution < 1.29 is 0 Å². The molecule has 14 heavy (non-hydrogen) atoms. The molecule has 0 spiro atoms. The Kier molecular flexibility index (Phi) is 1.41. The van der Waals surface area contributed by atoms with Gasteiger partial charge in [0.15, 0.2) is 0 Å². The van der Waals surface area contributed by atoms with Gasteiger partial charge in [-0.15, -0.1) is 5.10 Å². The number of hydrogen-bond acceptors (Lipinski definition) is 4. The van der Waals surface area contributed by atoms with Gasteiger partial charge in [-0.3, -0.25) is 9.97 Å². The summed E-state index contributed by atoms with van der Waals surface area (Å²) in [4.78, 5) is 8.18. The van der Waals surface area contributed by atoms with Gasteiger partial charge in [-0.2, -0.15) is 5.10 Å². The summed E-state index contributed by atoms with van der Waals surface area (Å²) in [6.07, 6.45) is 8.79. The fourth-order valence-corrected chi connectivity index (χ4v) is 1.51. The second-order valence-corrected chi connectivity index (χ2v) is 3.01. The molecule has 0 aliphatic carbocycles. The maximum atomic E-state index is 4.13. The molecule has 3 rings (SSSR count). The Morgan fingerprint density at radius 1 is 0.929 bits per heavy atom. The molecule has 3 heterocycles. The van der Waals surface area contributed by atoms with Crippen molar-refractivity contribution in [2.24, 2.45) is 0 Å². The van der Waals surface area contributed by atoms with E-state index in [-0.39, 0.29) is 0 Å². The molecule has 0 aromatic carbocycles. The van der Waals surface area contributed by atoms with Crippen LogP contribution in [0, 0.1) is 0 Å². The average Bonchev–Trinajstić information content (AvgIpc) is 2.61. The van der Waals surface area contributed by atoms with Gasteiger partial charge >= 0.3 is 0 Å². The highest BCUT2D eigenvalue weighted by Crippen LogP contribution is 2.24. The van der Waals surface area contributed by atoms with E-state index in [2.05, 4.69) is 20.2 Å². The summed E-state index contributed by atoms with van der Waals surface area (Å²) < 4.78 is 0. The summed E-state index contributed by atoms with van der Waals surface area (Å²) in [6, 6.07) is 1.95. The molecule has 0 fully saturated rings. The van der Waals surface area contributed by atoms with Crippen LogP contribution in [0.1, 0.15) is 0 Å². The van der Waals surface area contributed by atoms with Crippen molar-refractivity contribution in [2.45, 2.75) is 0 Å². The second-order valence-electron chi connectivity index (χ2n) is 3.01. The highest BCUT2D eigenvalue weighted by Gasteiger charge is 2.07. The van der Waals surface area contributed by atoms with Crippen LogP contribution in [0.2, 0.25) is 0 Å². The van der Waals surface area contributed by atoms with E-state index in [1.165, 1.54) is 0 Å². The van der Waals surface area contributed by atoms with Crippen LogP contribution in [0.25, 0.3) is 22.0 Å². The molecule has 1 aromatic rings. The number of fused-ring (bicyclic) bond motifs is 3. The SMILES string of the molecule is c1cc2c3cnnc-3cncc2cn1. The first-order valence-electron chi connectivity index (χ1n) is 4.24. The molecule has 2 aliphatic heterocycles. The minimum Gasteiger partial charge on any atom is -0.264 e. The van der Waals surface area contributed by atoms with Crippen molar-refractivity contribution in [3.8, 4) is 11.3 Å². The predicted molar refractivity (Wildman–Crippen MR) is 51.8 cm³/mol. The molecule has 0 amide bonds. The minimum atomic E-state index is 0.811. The first-order valence-corrected chi connectivity index (χ1v) is 4.24. The van der Waals surface area contributed by atoms with Crippen molar-refractivity contribution in [3.05, 3.63) is 37.1 Å². The van der Waals surface area contributed by atoms with Crippen molar-refractivity contribution in [1.82, 2.24) is 20.2 Å². The Labute approximate surface area is 80.0 Å². The van der Waals surface area contributed by atoms with E-state index in [1.54, 1.807) is 31.0 Å². The van der Waals surface area contributed by atoms with E-state index < -0.39 is 0 Å². The highest BCUT2D eigenvalue weighted by atomic mass is 15.1. The Hall–Kier alpha value is -2.10. The molecule has 0 saturated carbocycles. The molecule has 0 bridgehead atoms.